The van der Waals surface area contributed by atoms with E-state index in [1.165, 1.54) is 27.6 Å². The summed E-state index contributed by atoms with van der Waals surface area (Å²) >= 11 is 0. The van der Waals surface area contributed by atoms with Crippen LogP contribution >= 0.6 is 0 Å². The summed E-state index contributed by atoms with van der Waals surface area (Å²) in [5.41, 5.74) is 9.10. The van der Waals surface area contributed by atoms with Crippen LogP contribution in [-0.2, 0) is 0 Å². The molecule has 0 atom stereocenters. The number of benzene rings is 6. The van der Waals surface area contributed by atoms with E-state index in [0.29, 0.717) is 0 Å². The second kappa shape index (κ2) is 9.92. The molecule has 1 aromatic heterocycles. The average molecular weight is 499 g/mol. The molecule has 0 radical (unpaired) electrons. The Balaban J connectivity index is 1.46. The maximum atomic E-state index is 4.83. The lowest BCUT2D eigenvalue weighted by molar-refractivity contribution is 1.30. The van der Waals surface area contributed by atoms with Gasteiger partial charge in [0.2, 0.25) is 0 Å². The van der Waals surface area contributed by atoms with E-state index in [9.17, 15) is 0 Å². The van der Waals surface area contributed by atoms with Crippen LogP contribution in [0.3, 0.4) is 0 Å². The number of fused-ring (bicyclic) bond motifs is 3. The highest BCUT2D eigenvalue weighted by Crippen LogP contribution is 2.42. The van der Waals surface area contributed by atoms with Crippen LogP contribution in [0.5, 0.6) is 0 Å². The first-order valence-electron chi connectivity index (χ1n) is 13.2. The number of anilines is 3. The number of hydrogen-bond donors (Lipinski definition) is 0. The molecule has 2 heteroatoms. The molecule has 39 heavy (non-hydrogen) atoms. The number of nitrogens with zero attached hydrogens (tertiary/aromatic N) is 2. The van der Waals surface area contributed by atoms with E-state index in [2.05, 4.69) is 150 Å². The van der Waals surface area contributed by atoms with Crippen molar-refractivity contribution in [3.63, 3.8) is 0 Å². The molecule has 0 fully saturated rings. The predicted molar refractivity (Wildman–Crippen MR) is 165 cm³/mol. The summed E-state index contributed by atoms with van der Waals surface area (Å²) in [5.74, 6) is 0. The highest BCUT2D eigenvalue weighted by Gasteiger charge is 2.18. The largest absolute Gasteiger partial charge is 0.310 e. The molecular weight excluding hydrogens is 472 g/mol. The molecule has 0 aliphatic heterocycles. The fourth-order valence-electron chi connectivity index (χ4n) is 5.40. The molecule has 0 unspecified atom stereocenters. The van der Waals surface area contributed by atoms with Crippen molar-refractivity contribution in [1.82, 2.24) is 4.98 Å². The second-order valence-electron chi connectivity index (χ2n) is 9.68. The first kappa shape index (κ1) is 22.9. The Labute approximate surface area is 228 Å². The summed E-state index contributed by atoms with van der Waals surface area (Å²) in [6.45, 7) is 0. The highest BCUT2D eigenvalue weighted by atomic mass is 15.1. The van der Waals surface area contributed by atoms with Gasteiger partial charge in [-0.2, -0.15) is 0 Å². The fraction of sp³-hybridized carbons (Fsp3) is 0. The van der Waals surface area contributed by atoms with Crippen LogP contribution in [0.1, 0.15) is 0 Å². The van der Waals surface area contributed by atoms with Gasteiger partial charge in [-0.3, -0.25) is 4.98 Å². The zero-order chi connectivity index (χ0) is 26.0. The molecule has 2 nitrogen and oxygen atoms in total. The third-order valence-corrected chi connectivity index (χ3v) is 7.28. The second-order valence-corrected chi connectivity index (χ2v) is 9.68. The van der Waals surface area contributed by atoms with Gasteiger partial charge < -0.3 is 4.90 Å². The normalized spacial score (nSPS) is 11.1. The summed E-state index contributed by atoms with van der Waals surface area (Å²) in [5, 5.41) is 3.45. The van der Waals surface area contributed by atoms with Crippen molar-refractivity contribution in [3.8, 4) is 22.3 Å². The Bertz CT molecular complexity index is 1890. The number of aromatic nitrogens is 1. The smallest absolute Gasteiger partial charge is 0.0801 e. The van der Waals surface area contributed by atoms with Gasteiger partial charge in [0.05, 0.1) is 11.2 Å². The lowest BCUT2D eigenvalue weighted by Crippen LogP contribution is -2.11. The monoisotopic (exact) mass is 498 g/mol. The maximum absolute atomic E-state index is 4.83. The summed E-state index contributed by atoms with van der Waals surface area (Å²) in [6, 6.07) is 53.7. The van der Waals surface area contributed by atoms with Gasteiger partial charge >= 0.3 is 0 Å². The molecule has 1 heterocycles. The van der Waals surface area contributed by atoms with E-state index in [1.807, 2.05) is 12.3 Å². The molecule has 0 aliphatic rings. The first-order valence-corrected chi connectivity index (χ1v) is 13.2. The van der Waals surface area contributed by atoms with Crippen molar-refractivity contribution < 1.29 is 0 Å². The Morgan fingerprint density at radius 3 is 1.79 bits per heavy atom. The van der Waals surface area contributed by atoms with Crippen LogP contribution in [0, 0.1) is 0 Å². The SMILES string of the molecule is c1ccc(-c2ccc(N(c3cccc(-c4ccccc4)c3)c3cccc4ccc5cccnc5c34)cc2)cc1. The van der Waals surface area contributed by atoms with E-state index in [0.717, 1.165) is 33.4 Å². The van der Waals surface area contributed by atoms with Gasteiger partial charge in [-0.05, 0) is 64.0 Å². The Kier molecular flexibility index (Phi) is 5.84. The zero-order valence-electron chi connectivity index (χ0n) is 21.4. The molecule has 0 bridgehead atoms. The van der Waals surface area contributed by atoms with Crippen molar-refractivity contribution in [3.05, 3.63) is 158 Å². The topological polar surface area (TPSA) is 16.1 Å². The minimum Gasteiger partial charge on any atom is -0.310 e. The molecule has 184 valence electrons. The summed E-state index contributed by atoms with van der Waals surface area (Å²) in [6.07, 6.45) is 1.88. The van der Waals surface area contributed by atoms with Crippen LogP contribution in [0.15, 0.2) is 158 Å². The molecule has 0 aliphatic carbocycles. The summed E-state index contributed by atoms with van der Waals surface area (Å²) < 4.78 is 0. The van der Waals surface area contributed by atoms with Gasteiger partial charge in [-0.15, -0.1) is 0 Å². The molecule has 0 N–H and O–H groups in total. The van der Waals surface area contributed by atoms with Gasteiger partial charge in [0.1, 0.15) is 0 Å². The van der Waals surface area contributed by atoms with Gasteiger partial charge in [0, 0.05) is 28.3 Å². The minimum absolute atomic E-state index is 1.01. The van der Waals surface area contributed by atoms with E-state index < -0.39 is 0 Å². The molecule has 0 saturated carbocycles. The third-order valence-electron chi connectivity index (χ3n) is 7.28. The predicted octanol–water partition coefficient (Wildman–Crippen LogP) is 10.2. The highest BCUT2D eigenvalue weighted by molar-refractivity contribution is 6.13. The van der Waals surface area contributed by atoms with Gasteiger partial charge in [-0.1, -0.05) is 115 Å². The Hall–Kier alpha value is -5.21. The number of pyridine rings is 1. The fourth-order valence-corrected chi connectivity index (χ4v) is 5.40. The van der Waals surface area contributed by atoms with Crippen LogP contribution < -0.4 is 4.90 Å². The molecule has 0 spiro atoms. The average Bonchev–Trinajstić information content (AvgIpc) is 3.02. The van der Waals surface area contributed by atoms with E-state index in [1.54, 1.807) is 0 Å². The van der Waals surface area contributed by atoms with Gasteiger partial charge in [-0.25, -0.2) is 0 Å². The van der Waals surface area contributed by atoms with Crippen LogP contribution in [0.2, 0.25) is 0 Å². The maximum Gasteiger partial charge on any atom is 0.0801 e. The van der Waals surface area contributed by atoms with Crippen molar-refractivity contribution >= 4 is 38.7 Å². The van der Waals surface area contributed by atoms with E-state index >= 15 is 0 Å². The first-order chi connectivity index (χ1) is 19.3. The van der Waals surface area contributed by atoms with Crippen LogP contribution in [0.4, 0.5) is 17.1 Å². The molecule has 0 amide bonds. The summed E-state index contributed by atoms with van der Waals surface area (Å²) in [7, 11) is 0. The van der Waals surface area contributed by atoms with E-state index in [4.69, 9.17) is 4.98 Å². The molecular formula is C37H26N2. The standard InChI is InChI=1S/C37H26N2/c1-3-10-27(11-4-1)29-21-23-33(24-22-29)39(34-17-7-15-32(26-34)28-12-5-2-6-13-28)35-18-8-14-30-19-20-31-16-9-25-38-37(31)36(30)35/h1-26H. The minimum atomic E-state index is 1.01. The van der Waals surface area contributed by atoms with Crippen molar-refractivity contribution in [2.24, 2.45) is 0 Å². The van der Waals surface area contributed by atoms with E-state index in [-0.39, 0.29) is 0 Å². The van der Waals surface area contributed by atoms with Crippen LogP contribution in [-0.4, -0.2) is 4.98 Å². The van der Waals surface area contributed by atoms with Crippen molar-refractivity contribution in [2.75, 3.05) is 4.90 Å². The number of rotatable bonds is 5. The van der Waals surface area contributed by atoms with Gasteiger partial charge in [0.25, 0.3) is 0 Å². The van der Waals surface area contributed by atoms with Crippen LogP contribution in [0.25, 0.3) is 43.9 Å². The molecule has 7 rings (SSSR count). The lowest BCUT2D eigenvalue weighted by atomic mass is 10.0. The number of hydrogen-bond acceptors (Lipinski definition) is 2. The van der Waals surface area contributed by atoms with Crippen molar-refractivity contribution in [2.45, 2.75) is 0 Å². The summed E-state index contributed by atoms with van der Waals surface area (Å²) in [4.78, 5) is 7.19. The zero-order valence-corrected chi connectivity index (χ0v) is 21.4. The lowest BCUT2D eigenvalue weighted by Gasteiger charge is -2.28. The Morgan fingerprint density at radius 1 is 0.410 bits per heavy atom. The molecule has 0 saturated heterocycles. The molecule has 7 aromatic rings. The Morgan fingerprint density at radius 2 is 1.03 bits per heavy atom. The molecule has 6 aromatic carbocycles. The quantitative estimate of drug-likeness (QED) is 0.219. The third kappa shape index (κ3) is 4.32. The van der Waals surface area contributed by atoms with Gasteiger partial charge in [0.15, 0.2) is 0 Å². The van der Waals surface area contributed by atoms with Crippen molar-refractivity contribution in [1.29, 1.82) is 0 Å².